The second-order valence-electron chi connectivity index (χ2n) is 5.28. The van der Waals surface area contributed by atoms with E-state index in [1.807, 2.05) is 48.5 Å². The van der Waals surface area contributed by atoms with E-state index in [4.69, 9.17) is 4.74 Å². The Morgan fingerprint density at radius 2 is 1.65 bits per heavy atom. The predicted molar refractivity (Wildman–Crippen MR) is 90.4 cm³/mol. The summed E-state index contributed by atoms with van der Waals surface area (Å²) in [5.41, 5.74) is 1.93. The van der Waals surface area contributed by atoms with Crippen LogP contribution in [-0.4, -0.2) is 23.7 Å². The van der Waals surface area contributed by atoms with Crippen LogP contribution in [0.15, 0.2) is 58.3 Å². The molecule has 0 saturated carbocycles. The van der Waals surface area contributed by atoms with Crippen molar-refractivity contribution in [1.29, 1.82) is 0 Å². The van der Waals surface area contributed by atoms with Crippen molar-refractivity contribution in [3.8, 4) is 0 Å². The van der Waals surface area contributed by atoms with Gasteiger partial charge in [-0.1, -0.05) is 31.2 Å². The van der Waals surface area contributed by atoms with Crippen molar-refractivity contribution in [3.05, 3.63) is 48.5 Å². The molecule has 0 bridgehead atoms. The highest BCUT2D eigenvalue weighted by molar-refractivity contribution is 7.92. The van der Waals surface area contributed by atoms with Crippen LogP contribution < -0.4 is 4.90 Å². The van der Waals surface area contributed by atoms with Gasteiger partial charge in [0.05, 0.1) is 18.0 Å². The molecule has 0 fully saturated rings. The van der Waals surface area contributed by atoms with Crippen molar-refractivity contribution >= 4 is 28.5 Å². The molecule has 0 aromatic heterocycles. The number of rotatable bonds is 5. The summed E-state index contributed by atoms with van der Waals surface area (Å²) >= 11 is -1.15. The summed E-state index contributed by atoms with van der Waals surface area (Å²) in [7, 11) is 0. The molecule has 1 heterocycles. The van der Waals surface area contributed by atoms with Gasteiger partial charge in [-0.2, -0.15) is 0 Å². The van der Waals surface area contributed by atoms with E-state index in [1.54, 1.807) is 6.92 Å². The maximum Gasteiger partial charge on any atom is 0.305 e. The van der Waals surface area contributed by atoms with E-state index in [-0.39, 0.29) is 5.97 Å². The summed E-state index contributed by atoms with van der Waals surface area (Å²) in [6, 6.07) is 15.5. The fraction of sp³-hybridized carbons (Fsp3) is 0.278. The van der Waals surface area contributed by atoms with Gasteiger partial charge in [0.15, 0.2) is 9.79 Å². The molecule has 3 rings (SSSR count). The summed E-state index contributed by atoms with van der Waals surface area (Å²) in [4.78, 5) is 15.0. The second kappa shape index (κ2) is 7.06. The van der Waals surface area contributed by atoms with Gasteiger partial charge < -0.3 is 14.2 Å². The van der Waals surface area contributed by atoms with Crippen LogP contribution in [0.3, 0.4) is 0 Å². The van der Waals surface area contributed by atoms with Gasteiger partial charge in [-0.05, 0) is 30.7 Å². The maximum atomic E-state index is 12.7. The normalized spacial score (nSPS) is 13.4. The number of para-hydroxylation sites is 2. The molecule has 23 heavy (non-hydrogen) atoms. The molecule has 0 aliphatic carbocycles. The Hall–Kier alpha value is -1.98. The first-order valence-corrected chi connectivity index (χ1v) is 8.90. The predicted octanol–water partition coefficient (Wildman–Crippen LogP) is 3.65. The van der Waals surface area contributed by atoms with E-state index in [0.717, 1.165) is 27.6 Å². The standard InChI is InChI=1S/C18H19NO3S/c1-2-18(20)22-13-7-12-19-14-8-3-5-10-16(14)23(21)17-11-6-4-9-15(17)19/h3-6,8-11H,2,7,12-13H2,1H3. The van der Waals surface area contributed by atoms with Crippen LogP contribution in [0.2, 0.25) is 0 Å². The Morgan fingerprint density at radius 3 is 2.22 bits per heavy atom. The third-order valence-corrected chi connectivity index (χ3v) is 5.28. The molecule has 2 aromatic rings. The van der Waals surface area contributed by atoms with Crippen LogP contribution in [0.1, 0.15) is 19.8 Å². The number of carbonyl (C=O) groups is 1. The molecule has 120 valence electrons. The number of esters is 1. The molecule has 0 saturated heterocycles. The average molecular weight is 329 g/mol. The van der Waals surface area contributed by atoms with Crippen molar-refractivity contribution < 1.29 is 14.1 Å². The number of ether oxygens (including phenoxy) is 1. The van der Waals surface area contributed by atoms with Crippen LogP contribution in [-0.2, 0) is 20.7 Å². The highest BCUT2D eigenvalue weighted by Gasteiger charge is 2.32. The number of anilines is 2. The molecule has 0 amide bonds. The molecule has 1 aliphatic heterocycles. The zero-order valence-corrected chi connectivity index (χ0v) is 13.8. The fourth-order valence-electron chi connectivity index (χ4n) is 2.67. The molecule has 0 spiro atoms. The minimum absolute atomic E-state index is 0.175. The largest absolute Gasteiger partial charge is 0.606 e. The molecule has 5 heteroatoms. The van der Waals surface area contributed by atoms with Gasteiger partial charge in [-0.25, -0.2) is 0 Å². The maximum absolute atomic E-state index is 12.7. The van der Waals surface area contributed by atoms with E-state index in [1.165, 1.54) is 0 Å². The molecule has 0 atom stereocenters. The minimum Gasteiger partial charge on any atom is -0.606 e. The number of hydrogen-bond donors (Lipinski definition) is 0. The summed E-state index contributed by atoms with van der Waals surface area (Å²) in [6.07, 6.45) is 1.12. The number of fused-ring (bicyclic) bond motifs is 2. The number of nitrogens with zero attached hydrogens (tertiary/aromatic N) is 1. The Balaban J connectivity index is 1.82. The van der Waals surface area contributed by atoms with Gasteiger partial charge in [-0.3, -0.25) is 4.79 Å². The Bertz CT molecular complexity index is 657. The molecule has 1 aliphatic rings. The number of carbonyl (C=O) groups excluding carboxylic acids is 1. The summed E-state index contributed by atoms with van der Waals surface area (Å²) < 4.78 is 17.9. The van der Waals surface area contributed by atoms with Gasteiger partial charge >= 0.3 is 5.97 Å². The van der Waals surface area contributed by atoms with Crippen molar-refractivity contribution in [1.82, 2.24) is 0 Å². The third-order valence-electron chi connectivity index (χ3n) is 3.79. The van der Waals surface area contributed by atoms with Crippen LogP contribution in [0, 0.1) is 0 Å². The quantitative estimate of drug-likeness (QED) is 0.477. The highest BCUT2D eigenvalue weighted by Crippen LogP contribution is 2.43. The van der Waals surface area contributed by atoms with Gasteiger partial charge in [0.1, 0.15) is 0 Å². The smallest absolute Gasteiger partial charge is 0.305 e. The van der Waals surface area contributed by atoms with Gasteiger partial charge in [0.2, 0.25) is 0 Å². The third kappa shape index (κ3) is 3.21. The lowest BCUT2D eigenvalue weighted by molar-refractivity contribution is -0.143. The monoisotopic (exact) mass is 329 g/mol. The molecule has 0 radical (unpaired) electrons. The number of benzene rings is 2. The van der Waals surface area contributed by atoms with Gasteiger partial charge in [-0.15, -0.1) is 0 Å². The summed E-state index contributed by atoms with van der Waals surface area (Å²) in [5, 5.41) is 0. The van der Waals surface area contributed by atoms with Crippen LogP contribution >= 0.6 is 0 Å². The zero-order chi connectivity index (χ0) is 16.2. The van der Waals surface area contributed by atoms with Crippen molar-refractivity contribution in [2.24, 2.45) is 0 Å². The van der Waals surface area contributed by atoms with Crippen LogP contribution in [0.4, 0.5) is 11.4 Å². The van der Waals surface area contributed by atoms with Crippen molar-refractivity contribution in [2.45, 2.75) is 29.6 Å². The molecular weight excluding hydrogens is 310 g/mol. The lowest BCUT2D eigenvalue weighted by Crippen LogP contribution is -2.27. The lowest BCUT2D eigenvalue weighted by atomic mass is 10.2. The zero-order valence-electron chi connectivity index (χ0n) is 13.0. The van der Waals surface area contributed by atoms with E-state index in [2.05, 4.69) is 4.90 Å². The van der Waals surface area contributed by atoms with Crippen molar-refractivity contribution in [2.75, 3.05) is 18.1 Å². The summed E-state index contributed by atoms with van der Waals surface area (Å²) in [6.45, 7) is 2.90. The number of hydrogen-bond acceptors (Lipinski definition) is 4. The average Bonchev–Trinajstić information content (AvgIpc) is 2.61. The summed E-state index contributed by atoms with van der Waals surface area (Å²) in [5.74, 6) is -0.175. The van der Waals surface area contributed by atoms with E-state index in [9.17, 15) is 9.35 Å². The first-order valence-electron chi connectivity index (χ1n) is 7.75. The lowest BCUT2D eigenvalue weighted by Gasteiger charge is -2.32. The highest BCUT2D eigenvalue weighted by atomic mass is 32.2. The molecule has 2 aromatic carbocycles. The van der Waals surface area contributed by atoms with Gasteiger partial charge in [0.25, 0.3) is 0 Å². The van der Waals surface area contributed by atoms with Crippen LogP contribution in [0.25, 0.3) is 0 Å². The topological polar surface area (TPSA) is 52.6 Å². The molecule has 0 N–H and O–H groups in total. The SMILES string of the molecule is CCC(=O)OCCCN1c2ccccc2[S+]([O-])c2ccccc21. The Kier molecular flexibility index (Phi) is 4.88. The van der Waals surface area contributed by atoms with E-state index < -0.39 is 11.2 Å². The second-order valence-corrected chi connectivity index (χ2v) is 6.70. The van der Waals surface area contributed by atoms with Gasteiger partial charge in [0, 0.05) is 24.1 Å². The molecular formula is C18H19NO3S. The van der Waals surface area contributed by atoms with Crippen LogP contribution in [0.5, 0.6) is 0 Å². The molecule has 4 nitrogen and oxygen atoms in total. The van der Waals surface area contributed by atoms with Crippen molar-refractivity contribution in [3.63, 3.8) is 0 Å². The Labute approximate surface area is 139 Å². The van der Waals surface area contributed by atoms with E-state index >= 15 is 0 Å². The molecule has 0 unspecified atom stereocenters. The van der Waals surface area contributed by atoms with E-state index in [0.29, 0.717) is 19.6 Å². The Morgan fingerprint density at radius 1 is 1.09 bits per heavy atom. The first-order chi connectivity index (χ1) is 11.2. The first kappa shape index (κ1) is 15.9. The minimum atomic E-state index is -1.15. The fourth-order valence-corrected chi connectivity index (χ4v) is 4.05.